The predicted molar refractivity (Wildman–Crippen MR) is 97.3 cm³/mol. The van der Waals surface area contributed by atoms with Gasteiger partial charge in [-0.3, -0.25) is 9.36 Å². The third-order valence-electron chi connectivity index (χ3n) is 4.88. The molecule has 3 heterocycles. The third kappa shape index (κ3) is 3.73. The van der Waals surface area contributed by atoms with E-state index in [0.29, 0.717) is 38.0 Å². The van der Waals surface area contributed by atoms with Gasteiger partial charge in [-0.2, -0.15) is 4.31 Å². The molecular formula is C17H25N5O3S. The lowest BCUT2D eigenvalue weighted by Gasteiger charge is -2.30. The molecule has 0 unspecified atom stereocenters. The van der Waals surface area contributed by atoms with Crippen molar-refractivity contribution < 1.29 is 8.42 Å². The minimum absolute atomic E-state index is 0.0331. The van der Waals surface area contributed by atoms with E-state index in [1.165, 1.54) is 4.31 Å². The van der Waals surface area contributed by atoms with E-state index in [2.05, 4.69) is 9.97 Å². The number of nitrogens with zero attached hydrogens (tertiary/aromatic N) is 5. The Morgan fingerprint density at radius 3 is 2.54 bits per heavy atom. The largest absolute Gasteiger partial charge is 0.334 e. The van der Waals surface area contributed by atoms with E-state index >= 15 is 0 Å². The molecule has 8 nitrogen and oxygen atoms in total. The first-order valence-corrected chi connectivity index (χ1v) is 10.3. The number of hydrogen-bond acceptors (Lipinski definition) is 5. The number of rotatable bonds is 5. The highest BCUT2D eigenvalue weighted by Crippen LogP contribution is 2.24. The SMILES string of the molecule is Cc1cncn(CC2CCN(S(=O)(=O)c3cn(C(C)C)cn3)CC2)c1=O. The second-order valence-electron chi connectivity index (χ2n) is 7.13. The fourth-order valence-electron chi connectivity index (χ4n) is 3.17. The van der Waals surface area contributed by atoms with Gasteiger partial charge < -0.3 is 4.57 Å². The Hall–Kier alpha value is -2.00. The summed E-state index contributed by atoms with van der Waals surface area (Å²) in [5.74, 6) is 0.260. The van der Waals surface area contributed by atoms with Crippen molar-refractivity contribution in [2.45, 2.75) is 51.2 Å². The van der Waals surface area contributed by atoms with Crippen LogP contribution in [0.15, 0.2) is 34.9 Å². The first-order valence-electron chi connectivity index (χ1n) is 8.83. The van der Waals surface area contributed by atoms with Gasteiger partial charge in [-0.15, -0.1) is 0 Å². The monoisotopic (exact) mass is 379 g/mol. The zero-order chi connectivity index (χ0) is 18.9. The summed E-state index contributed by atoms with van der Waals surface area (Å²) in [6.07, 6.45) is 7.68. The van der Waals surface area contributed by atoms with Crippen molar-refractivity contribution in [3.8, 4) is 0 Å². The molecule has 1 aliphatic rings. The lowest BCUT2D eigenvalue weighted by Crippen LogP contribution is -2.40. The number of sulfonamides is 1. The minimum atomic E-state index is -3.57. The van der Waals surface area contributed by atoms with E-state index in [9.17, 15) is 13.2 Å². The molecule has 1 fully saturated rings. The number of hydrogen-bond donors (Lipinski definition) is 0. The van der Waals surface area contributed by atoms with Crippen molar-refractivity contribution in [1.82, 2.24) is 23.4 Å². The highest BCUT2D eigenvalue weighted by Gasteiger charge is 2.31. The summed E-state index contributed by atoms with van der Waals surface area (Å²) in [7, 11) is -3.57. The molecule has 2 aromatic heterocycles. The molecule has 142 valence electrons. The maximum absolute atomic E-state index is 12.8. The fourth-order valence-corrected chi connectivity index (χ4v) is 4.56. The van der Waals surface area contributed by atoms with Gasteiger partial charge >= 0.3 is 0 Å². The Morgan fingerprint density at radius 2 is 1.92 bits per heavy atom. The number of aryl methyl sites for hydroxylation is 1. The van der Waals surface area contributed by atoms with Crippen LogP contribution in [0.4, 0.5) is 0 Å². The van der Waals surface area contributed by atoms with Crippen LogP contribution in [0.5, 0.6) is 0 Å². The van der Waals surface area contributed by atoms with Gasteiger partial charge in [0.2, 0.25) is 0 Å². The van der Waals surface area contributed by atoms with E-state index in [1.807, 2.05) is 13.8 Å². The smallest absolute Gasteiger partial charge is 0.262 e. The second-order valence-corrected chi connectivity index (χ2v) is 9.02. The van der Waals surface area contributed by atoms with Crippen LogP contribution in [0.1, 0.15) is 38.3 Å². The van der Waals surface area contributed by atoms with Crippen molar-refractivity contribution >= 4 is 10.0 Å². The summed E-state index contributed by atoms with van der Waals surface area (Å²) in [5, 5.41) is 0.101. The normalized spacial score (nSPS) is 17.1. The first kappa shape index (κ1) is 18.8. The van der Waals surface area contributed by atoms with Crippen LogP contribution in [-0.4, -0.2) is 44.9 Å². The number of piperidine rings is 1. The van der Waals surface area contributed by atoms with Crippen LogP contribution in [0.2, 0.25) is 0 Å². The van der Waals surface area contributed by atoms with Crippen LogP contribution < -0.4 is 5.56 Å². The molecule has 2 aromatic rings. The quantitative estimate of drug-likeness (QED) is 0.784. The van der Waals surface area contributed by atoms with Crippen LogP contribution in [0, 0.1) is 12.8 Å². The molecule has 0 N–H and O–H groups in total. The van der Waals surface area contributed by atoms with Crippen molar-refractivity contribution in [3.05, 3.63) is 41.0 Å². The van der Waals surface area contributed by atoms with Gasteiger partial charge in [-0.25, -0.2) is 18.4 Å². The predicted octanol–water partition coefficient (Wildman–Crippen LogP) is 1.43. The summed E-state index contributed by atoms with van der Waals surface area (Å²) in [5.41, 5.74) is 0.586. The van der Waals surface area contributed by atoms with Crippen molar-refractivity contribution in [2.24, 2.45) is 5.92 Å². The Labute approximate surface area is 153 Å². The second kappa shape index (κ2) is 7.32. The van der Waals surface area contributed by atoms with Gasteiger partial charge in [0.05, 0.1) is 12.7 Å². The maximum atomic E-state index is 12.8. The van der Waals surface area contributed by atoms with Gasteiger partial charge in [0.25, 0.3) is 15.6 Å². The van der Waals surface area contributed by atoms with Crippen molar-refractivity contribution in [3.63, 3.8) is 0 Å². The van der Waals surface area contributed by atoms with E-state index in [1.54, 1.807) is 41.1 Å². The van der Waals surface area contributed by atoms with E-state index < -0.39 is 10.0 Å². The van der Waals surface area contributed by atoms with Gasteiger partial charge in [0.1, 0.15) is 0 Å². The Morgan fingerprint density at radius 1 is 1.23 bits per heavy atom. The highest BCUT2D eigenvalue weighted by molar-refractivity contribution is 7.89. The zero-order valence-electron chi connectivity index (χ0n) is 15.4. The Bertz CT molecular complexity index is 924. The number of imidazole rings is 1. The van der Waals surface area contributed by atoms with Crippen LogP contribution in [0.3, 0.4) is 0 Å². The van der Waals surface area contributed by atoms with Crippen LogP contribution in [-0.2, 0) is 16.6 Å². The molecule has 0 aliphatic carbocycles. The average molecular weight is 379 g/mol. The van der Waals surface area contributed by atoms with E-state index in [-0.39, 0.29) is 22.5 Å². The molecule has 0 aromatic carbocycles. The zero-order valence-corrected chi connectivity index (χ0v) is 16.2. The molecule has 3 rings (SSSR count). The summed E-state index contributed by atoms with van der Waals surface area (Å²) < 4.78 is 30.4. The molecule has 0 saturated carbocycles. The Balaban J connectivity index is 1.65. The summed E-state index contributed by atoms with van der Waals surface area (Å²) in [4.78, 5) is 20.3. The Kier molecular flexibility index (Phi) is 5.29. The lowest BCUT2D eigenvalue weighted by atomic mass is 9.98. The molecule has 0 radical (unpaired) electrons. The first-order chi connectivity index (χ1) is 12.3. The minimum Gasteiger partial charge on any atom is -0.334 e. The standard InChI is InChI=1S/C17H25N5O3S/c1-13(2)20-10-16(19-12-20)26(24,25)22-6-4-15(5-7-22)9-21-11-18-8-14(3)17(21)23/h8,10-13,15H,4-7,9H2,1-3H3. The lowest BCUT2D eigenvalue weighted by molar-refractivity contribution is 0.250. The topological polar surface area (TPSA) is 90.1 Å². The van der Waals surface area contributed by atoms with Crippen molar-refractivity contribution in [2.75, 3.05) is 13.1 Å². The molecule has 1 saturated heterocycles. The van der Waals surface area contributed by atoms with Gasteiger partial charge in [0, 0.05) is 43.6 Å². The number of aromatic nitrogens is 4. The third-order valence-corrected chi connectivity index (χ3v) is 6.66. The molecule has 0 atom stereocenters. The molecule has 9 heteroatoms. The molecule has 26 heavy (non-hydrogen) atoms. The molecule has 1 aliphatic heterocycles. The molecule has 0 amide bonds. The molecule has 0 bridgehead atoms. The fraction of sp³-hybridized carbons (Fsp3) is 0.588. The summed E-state index contributed by atoms with van der Waals surface area (Å²) in [6, 6.07) is 0.165. The summed E-state index contributed by atoms with van der Waals surface area (Å²) in [6.45, 7) is 7.16. The molecular weight excluding hydrogens is 354 g/mol. The van der Waals surface area contributed by atoms with Gasteiger partial charge in [-0.1, -0.05) is 0 Å². The summed E-state index contributed by atoms with van der Waals surface area (Å²) >= 11 is 0. The van der Waals surface area contributed by atoms with Gasteiger partial charge in [-0.05, 0) is 39.5 Å². The van der Waals surface area contributed by atoms with E-state index in [0.717, 1.165) is 0 Å². The van der Waals surface area contributed by atoms with Crippen LogP contribution in [0.25, 0.3) is 0 Å². The van der Waals surface area contributed by atoms with Crippen molar-refractivity contribution in [1.29, 1.82) is 0 Å². The highest BCUT2D eigenvalue weighted by atomic mass is 32.2. The van der Waals surface area contributed by atoms with Gasteiger partial charge in [0.15, 0.2) is 5.03 Å². The average Bonchev–Trinajstić information content (AvgIpc) is 3.11. The maximum Gasteiger partial charge on any atom is 0.262 e. The molecule has 0 spiro atoms. The van der Waals surface area contributed by atoms with Crippen LogP contribution >= 0.6 is 0 Å². The van der Waals surface area contributed by atoms with E-state index in [4.69, 9.17) is 0 Å².